The lowest BCUT2D eigenvalue weighted by molar-refractivity contribution is 0.392. The summed E-state index contributed by atoms with van der Waals surface area (Å²) in [7, 11) is 5.28. The van der Waals surface area contributed by atoms with E-state index in [2.05, 4.69) is 40.3 Å². The molecule has 2 aromatic rings. The van der Waals surface area contributed by atoms with Gasteiger partial charge >= 0.3 is 0 Å². The third kappa shape index (κ3) is 3.39. The second-order valence-electron chi connectivity index (χ2n) is 4.82. The van der Waals surface area contributed by atoms with Crippen LogP contribution in [0, 0.1) is 6.92 Å². The molecule has 1 N–H and O–H groups in total. The van der Waals surface area contributed by atoms with Gasteiger partial charge in [-0.3, -0.25) is 0 Å². The molecule has 0 aliphatic carbocycles. The second-order valence-corrected chi connectivity index (χ2v) is 5.68. The Bertz CT molecular complexity index is 606. The molecule has 4 heteroatoms. The van der Waals surface area contributed by atoms with Gasteiger partial charge in [-0.15, -0.1) is 0 Å². The van der Waals surface area contributed by atoms with E-state index in [9.17, 15) is 0 Å². The molecule has 1 atom stereocenters. The largest absolute Gasteiger partial charge is 0.497 e. The predicted octanol–water partition coefficient (Wildman–Crippen LogP) is 4.08. The van der Waals surface area contributed by atoms with Crippen molar-refractivity contribution >= 4 is 15.9 Å². The Kier molecular flexibility index (Phi) is 5.26. The van der Waals surface area contributed by atoms with Gasteiger partial charge in [0.1, 0.15) is 11.5 Å². The maximum Gasteiger partial charge on any atom is 0.122 e. The minimum absolute atomic E-state index is 0.0755. The molecule has 1 unspecified atom stereocenters. The molecule has 0 fully saturated rings. The molecule has 0 bridgehead atoms. The van der Waals surface area contributed by atoms with Crippen molar-refractivity contribution < 1.29 is 9.47 Å². The number of ether oxygens (including phenoxy) is 2. The lowest BCUT2D eigenvalue weighted by atomic mass is 9.95. The van der Waals surface area contributed by atoms with Crippen molar-refractivity contribution in [2.75, 3.05) is 21.3 Å². The van der Waals surface area contributed by atoms with Crippen LogP contribution in [-0.2, 0) is 0 Å². The van der Waals surface area contributed by atoms with E-state index in [1.807, 2.05) is 31.3 Å². The van der Waals surface area contributed by atoms with E-state index in [4.69, 9.17) is 9.47 Å². The first-order valence-corrected chi connectivity index (χ1v) is 7.55. The number of hydrogen-bond donors (Lipinski definition) is 1. The molecule has 0 saturated carbocycles. The van der Waals surface area contributed by atoms with Gasteiger partial charge in [0.15, 0.2) is 0 Å². The minimum Gasteiger partial charge on any atom is -0.497 e. The maximum absolute atomic E-state index is 5.36. The summed E-state index contributed by atoms with van der Waals surface area (Å²) >= 11 is 3.60. The highest BCUT2D eigenvalue weighted by Crippen LogP contribution is 2.33. The van der Waals surface area contributed by atoms with Crippen LogP contribution >= 0.6 is 15.9 Å². The van der Waals surface area contributed by atoms with E-state index in [-0.39, 0.29) is 6.04 Å². The maximum atomic E-state index is 5.36. The molecule has 0 spiro atoms. The van der Waals surface area contributed by atoms with Gasteiger partial charge in [0.2, 0.25) is 0 Å². The standard InChI is InChI=1S/C17H20BrNO2/c1-11-15(6-5-7-16(11)18)17(19-2)12-8-13(20-3)10-14(9-12)21-4/h5-10,17,19H,1-4H3. The van der Waals surface area contributed by atoms with Crippen LogP contribution in [0.2, 0.25) is 0 Å². The van der Waals surface area contributed by atoms with Crippen molar-refractivity contribution in [2.24, 2.45) is 0 Å². The zero-order valence-electron chi connectivity index (χ0n) is 12.7. The Hall–Kier alpha value is -1.52. The Morgan fingerprint density at radius 3 is 2.19 bits per heavy atom. The van der Waals surface area contributed by atoms with Crippen molar-refractivity contribution in [3.05, 3.63) is 57.6 Å². The number of hydrogen-bond acceptors (Lipinski definition) is 3. The summed E-state index contributed by atoms with van der Waals surface area (Å²) in [6.07, 6.45) is 0. The number of benzene rings is 2. The Morgan fingerprint density at radius 2 is 1.67 bits per heavy atom. The van der Waals surface area contributed by atoms with E-state index in [1.165, 1.54) is 11.1 Å². The molecule has 21 heavy (non-hydrogen) atoms. The average molecular weight is 350 g/mol. The summed E-state index contributed by atoms with van der Waals surface area (Å²) in [4.78, 5) is 0. The average Bonchev–Trinajstić information content (AvgIpc) is 2.51. The summed E-state index contributed by atoms with van der Waals surface area (Å²) in [5.74, 6) is 1.58. The first kappa shape index (κ1) is 15.9. The van der Waals surface area contributed by atoms with Gasteiger partial charge in [0, 0.05) is 10.5 Å². The van der Waals surface area contributed by atoms with Crippen LogP contribution in [0.25, 0.3) is 0 Å². The first-order chi connectivity index (χ1) is 10.1. The summed E-state index contributed by atoms with van der Waals surface area (Å²) in [6.45, 7) is 2.11. The van der Waals surface area contributed by atoms with Gasteiger partial charge in [0.25, 0.3) is 0 Å². The summed E-state index contributed by atoms with van der Waals surface area (Å²) in [6, 6.07) is 12.3. The van der Waals surface area contributed by atoms with Crippen LogP contribution in [0.15, 0.2) is 40.9 Å². The molecule has 2 aromatic carbocycles. The van der Waals surface area contributed by atoms with Crippen molar-refractivity contribution in [3.63, 3.8) is 0 Å². The molecule has 0 heterocycles. The fraction of sp³-hybridized carbons (Fsp3) is 0.294. The summed E-state index contributed by atoms with van der Waals surface area (Å²) < 4.78 is 11.8. The van der Waals surface area contributed by atoms with Gasteiger partial charge in [0.05, 0.1) is 20.3 Å². The van der Waals surface area contributed by atoms with E-state index >= 15 is 0 Å². The fourth-order valence-electron chi connectivity index (χ4n) is 2.43. The molecule has 0 aliphatic heterocycles. The third-order valence-electron chi connectivity index (χ3n) is 3.62. The Morgan fingerprint density at radius 1 is 1.05 bits per heavy atom. The highest BCUT2D eigenvalue weighted by molar-refractivity contribution is 9.10. The summed E-state index contributed by atoms with van der Waals surface area (Å²) in [5.41, 5.74) is 3.55. The highest BCUT2D eigenvalue weighted by atomic mass is 79.9. The van der Waals surface area contributed by atoms with Gasteiger partial charge in [-0.1, -0.05) is 28.1 Å². The van der Waals surface area contributed by atoms with Crippen LogP contribution in [-0.4, -0.2) is 21.3 Å². The first-order valence-electron chi connectivity index (χ1n) is 6.76. The van der Waals surface area contributed by atoms with Crippen LogP contribution in [0.3, 0.4) is 0 Å². The molecule has 0 radical (unpaired) electrons. The smallest absolute Gasteiger partial charge is 0.122 e. The minimum atomic E-state index is 0.0755. The van der Waals surface area contributed by atoms with Crippen molar-refractivity contribution in [2.45, 2.75) is 13.0 Å². The number of halogens is 1. The van der Waals surface area contributed by atoms with Gasteiger partial charge in [-0.25, -0.2) is 0 Å². The summed E-state index contributed by atoms with van der Waals surface area (Å²) in [5, 5.41) is 3.37. The van der Waals surface area contributed by atoms with Gasteiger partial charge in [-0.05, 0) is 48.9 Å². The monoisotopic (exact) mass is 349 g/mol. The van der Waals surface area contributed by atoms with Crippen LogP contribution in [0.1, 0.15) is 22.7 Å². The van der Waals surface area contributed by atoms with E-state index in [0.29, 0.717) is 0 Å². The Balaban J connectivity index is 2.53. The quantitative estimate of drug-likeness (QED) is 0.881. The van der Waals surface area contributed by atoms with E-state index < -0.39 is 0 Å². The zero-order valence-corrected chi connectivity index (χ0v) is 14.3. The lowest BCUT2D eigenvalue weighted by Gasteiger charge is -2.21. The molecule has 0 amide bonds. The molecule has 0 saturated heterocycles. The zero-order chi connectivity index (χ0) is 15.4. The molecule has 0 aromatic heterocycles. The molecule has 2 rings (SSSR count). The molecular weight excluding hydrogens is 330 g/mol. The third-order valence-corrected chi connectivity index (χ3v) is 4.48. The topological polar surface area (TPSA) is 30.5 Å². The fourth-order valence-corrected chi connectivity index (χ4v) is 2.82. The van der Waals surface area contributed by atoms with Crippen LogP contribution < -0.4 is 14.8 Å². The van der Waals surface area contributed by atoms with Crippen molar-refractivity contribution in [1.29, 1.82) is 0 Å². The predicted molar refractivity (Wildman–Crippen MR) is 89.3 cm³/mol. The Labute approximate surface area is 134 Å². The van der Waals surface area contributed by atoms with Gasteiger partial charge in [-0.2, -0.15) is 0 Å². The van der Waals surface area contributed by atoms with Gasteiger partial charge < -0.3 is 14.8 Å². The van der Waals surface area contributed by atoms with Crippen LogP contribution in [0.5, 0.6) is 11.5 Å². The second kappa shape index (κ2) is 6.96. The lowest BCUT2D eigenvalue weighted by Crippen LogP contribution is -2.19. The van der Waals surface area contributed by atoms with E-state index in [1.54, 1.807) is 14.2 Å². The molecular formula is C17H20BrNO2. The molecule has 112 valence electrons. The number of rotatable bonds is 5. The van der Waals surface area contributed by atoms with Crippen molar-refractivity contribution in [1.82, 2.24) is 5.32 Å². The highest BCUT2D eigenvalue weighted by Gasteiger charge is 2.17. The molecule has 3 nitrogen and oxygen atoms in total. The SMILES string of the molecule is CNC(c1cc(OC)cc(OC)c1)c1cccc(Br)c1C. The number of methoxy groups -OCH3 is 2. The van der Waals surface area contributed by atoms with Crippen molar-refractivity contribution in [3.8, 4) is 11.5 Å². The number of nitrogens with one attached hydrogen (secondary N) is 1. The molecule has 0 aliphatic rings. The van der Waals surface area contributed by atoms with Crippen LogP contribution in [0.4, 0.5) is 0 Å². The normalized spacial score (nSPS) is 12.0. The van der Waals surface area contributed by atoms with E-state index in [0.717, 1.165) is 21.5 Å².